The molecule has 2 aliphatic heterocycles. The molecule has 1 atom stereocenters. The van der Waals surface area contributed by atoms with Crippen molar-refractivity contribution in [1.29, 1.82) is 0 Å². The van der Waals surface area contributed by atoms with Gasteiger partial charge < -0.3 is 14.6 Å². The van der Waals surface area contributed by atoms with Crippen molar-refractivity contribution < 1.29 is 19.4 Å². The topological polar surface area (TPSA) is 84.8 Å². The van der Waals surface area contributed by atoms with Crippen LogP contribution in [0.15, 0.2) is 36.7 Å². The van der Waals surface area contributed by atoms with E-state index in [-0.39, 0.29) is 11.3 Å². The van der Waals surface area contributed by atoms with Crippen LogP contribution in [0.1, 0.15) is 18.4 Å². The number of benzene rings is 1. The van der Waals surface area contributed by atoms with Crippen LogP contribution in [0.4, 0.5) is 0 Å². The molecule has 28 heavy (non-hydrogen) atoms. The smallest absolute Gasteiger partial charge is 0.308 e. The van der Waals surface area contributed by atoms with Crippen LogP contribution in [0, 0.1) is 11.3 Å². The molecule has 148 valence electrons. The van der Waals surface area contributed by atoms with Gasteiger partial charge in [0, 0.05) is 56.2 Å². The summed E-state index contributed by atoms with van der Waals surface area (Å²) < 4.78 is 10.9. The highest BCUT2D eigenvalue weighted by Crippen LogP contribution is 2.44. The van der Waals surface area contributed by atoms with Gasteiger partial charge in [-0.25, -0.2) is 9.97 Å². The summed E-state index contributed by atoms with van der Waals surface area (Å²) in [4.78, 5) is 23.1. The van der Waals surface area contributed by atoms with Gasteiger partial charge in [0.2, 0.25) is 0 Å². The molecule has 0 saturated carbocycles. The van der Waals surface area contributed by atoms with Crippen LogP contribution in [-0.4, -0.2) is 59.4 Å². The molecular weight excluding hydrogens is 358 g/mol. The monoisotopic (exact) mass is 383 g/mol. The van der Waals surface area contributed by atoms with E-state index in [0.29, 0.717) is 32.1 Å². The second-order valence-electron chi connectivity index (χ2n) is 7.65. The number of methoxy groups -OCH3 is 1. The van der Waals surface area contributed by atoms with E-state index in [1.54, 1.807) is 7.11 Å². The average molecular weight is 383 g/mol. The molecule has 7 heteroatoms. The van der Waals surface area contributed by atoms with Gasteiger partial charge in [0.05, 0.1) is 18.6 Å². The molecule has 7 nitrogen and oxygen atoms in total. The Morgan fingerprint density at radius 3 is 2.68 bits per heavy atom. The van der Waals surface area contributed by atoms with E-state index >= 15 is 0 Å². The maximum atomic E-state index is 11.8. The highest BCUT2D eigenvalue weighted by Gasteiger charge is 2.50. The summed E-state index contributed by atoms with van der Waals surface area (Å²) in [6.07, 6.45) is 5.26. The van der Waals surface area contributed by atoms with E-state index in [0.717, 1.165) is 36.3 Å². The zero-order valence-corrected chi connectivity index (χ0v) is 16.0. The zero-order valence-electron chi connectivity index (χ0n) is 16.0. The number of rotatable bonds is 5. The van der Waals surface area contributed by atoms with Gasteiger partial charge in [-0.15, -0.1) is 0 Å². The van der Waals surface area contributed by atoms with E-state index in [1.807, 2.05) is 36.7 Å². The third-order valence-corrected chi connectivity index (χ3v) is 5.96. The van der Waals surface area contributed by atoms with Gasteiger partial charge in [0.1, 0.15) is 5.75 Å². The lowest BCUT2D eigenvalue weighted by Gasteiger charge is -2.36. The van der Waals surface area contributed by atoms with E-state index in [9.17, 15) is 9.90 Å². The lowest BCUT2D eigenvalue weighted by atomic mass is 9.72. The largest absolute Gasteiger partial charge is 0.496 e. The van der Waals surface area contributed by atoms with Gasteiger partial charge >= 0.3 is 5.97 Å². The van der Waals surface area contributed by atoms with Crippen molar-refractivity contribution in [3.05, 3.63) is 42.2 Å². The molecule has 1 spiro atoms. The number of carboxylic acid groups (broad SMARTS) is 1. The van der Waals surface area contributed by atoms with Crippen molar-refractivity contribution in [2.24, 2.45) is 11.3 Å². The molecule has 1 N–H and O–H groups in total. The molecule has 4 rings (SSSR count). The van der Waals surface area contributed by atoms with Gasteiger partial charge in [-0.3, -0.25) is 9.69 Å². The lowest BCUT2D eigenvalue weighted by molar-refractivity contribution is -0.147. The van der Waals surface area contributed by atoms with Gasteiger partial charge in [0.25, 0.3) is 0 Å². The number of likely N-dealkylation sites (tertiary alicyclic amines) is 1. The first-order valence-electron chi connectivity index (χ1n) is 9.58. The number of hydrogen-bond donors (Lipinski definition) is 1. The summed E-state index contributed by atoms with van der Waals surface area (Å²) in [7, 11) is 1.63. The van der Waals surface area contributed by atoms with Gasteiger partial charge in [-0.1, -0.05) is 12.1 Å². The number of hydrogen-bond acceptors (Lipinski definition) is 6. The van der Waals surface area contributed by atoms with Crippen LogP contribution in [-0.2, 0) is 16.1 Å². The van der Waals surface area contributed by atoms with Crippen molar-refractivity contribution in [2.45, 2.75) is 19.4 Å². The number of aliphatic carboxylic acids is 1. The second kappa shape index (κ2) is 7.85. The average Bonchev–Trinajstić information content (AvgIpc) is 3.06. The Balaban J connectivity index is 1.48. The van der Waals surface area contributed by atoms with Crippen molar-refractivity contribution in [3.8, 4) is 17.1 Å². The van der Waals surface area contributed by atoms with Crippen molar-refractivity contribution in [2.75, 3.05) is 33.4 Å². The fourth-order valence-corrected chi connectivity index (χ4v) is 4.48. The molecule has 2 saturated heterocycles. The van der Waals surface area contributed by atoms with Crippen LogP contribution in [0.3, 0.4) is 0 Å². The summed E-state index contributed by atoms with van der Waals surface area (Å²) in [5.41, 5.74) is 1.65. The molecule has 2 fully saturated rings. The molecule has 1 unspecified atom stereocenters. The minimum absolute atomic E-state index is 0.178. The molecule has 0 radical (unpaired) electrons. The summed E-state index contributed by atoms with van der Waals surface area (Å²) in [5, 5.41) is 9.72. The summed E-state index contributed by atoms with van der Waals surface area (Å²) in [6, 6.07) is 7.66. The van der Waals surface area contributed by atoms with E-state index in [2.05, 4.69) is 14.9 Å². The Morgan fingerprint density at radius 1 is 1.29 bits per heavy atom. The number of carbonyl (C=O) groups is 1. The molecule has 1 aromatic heterocycles. The number of para-hydroxylation sites is 1. The SMILES string of the molecule is COc1ccccc1-c1ncc(CN2CC(C(=O)O)C3(CCOCC3)C2)cn1. The Bertz CT molecular complexity index is 834. The zero-order chi connectivity index (χ0) is 19.6. The number of carboxylic acids is 1. The first kappa shape index (κ1) is 18.8. The van der Waals surface area contributed by atoms with E-state index in [4.69, 9.17) is 9.47 Å². The highest BCUT2D eigenvalue weighted by atomic mass is 16.5. The molecule has 2 aromatic rings. The lowest BCUT2D eigenvalue weighted by Crippen LogP contribution is -2.40. The fraction of sp³-hybridized carbons (Fsp3) is 0.476. The van der Waals surface area contributed by atoms with Crippen molar-refractivity contribution >= 4 is 5.97 Å². The summed E-state index contributed by atoms with van der Waals surface area (Å²) in [6.45, 7) is 3.28. The van der Waals surface area contributed by atoms with Crippen LogP contribution < -0.4 is 4.74 Å². The third-order valence-electron chi connectivity index (χ3n) is 5.96. The maximum absolute atomic E-state index is 11.8. The molecule has 3 heterocycles. The minimum atomic E-state index is -0.702. The highest BCUT2D eigenvalue weighted by molar-refractivity contribution is 5.72. The quantitative estimate of drug-likeness (QED) is 0.849. The normalized spacial score (nSPS) is 21.7. The Labute approximate surface area is 164 Å². The Morgan fingerprint density at radius 2 is 2.00 bits per heavy atom. The van der Waals surface area contributed by atoms with E-state index in [1.165, 1.54) is 0 Å². The second-order valence-corrected chi connectivity index (χ2v) is 7.65. The van der Waals surface area contributed by atoms with Crippen molar-refractivity contribution in [3.63, 3.8) is 0 Å². The van der Waals surface area contributed by atoms with Crippen LogP contribution >= 0.6 is 0 Å². The van der Waals surface area contributed by atoms with Gasteiger partial charge in [0.15, 0.2) is 5.82 Å². The molecule has 1 aromatic carbocycles. The van der Waals surface area contributed by atoms with Crippen LogP contribution in [0.25, 0.3) is 11.4 Å². The molecule has 0 amide bonds. The molecule has 2 aliphatic rings. The first-order valence-corrected chi connectivity index (χ1v) is 9.58. The predicted octanol–water partition coefficient (Wildman–Crippen LogP) is 2.47. The third kappa shape index (κ3) is 3.59. The number of nitrogens with zero attached hydrogens (tertiary/aromatic N) is 3. The van der Waals surface area contributed by atoms with E-state index < -0.39 is 5.97 Å². The fourth-order valence-electron chi connectivity index (χ4n) is 4.48. The van der Waals surface area contributed by atoms with Crippen LogP contribution in [0.5, 0.6) is 5.75 Å². The first-order chi connectivity index (χ1) is 13.6. The minimum Gasteiger partial charge on any atom is -0.496 e. The van der Waals surface area contributed by atoms with Crippen molar-refractivity contribution in [1.82, 2.24) is 14.9 Å². The van der Waals surface area contributed by atoms with Crippen LogP contribution in [0.2, 0.25) is 0 Å². The molecular formula is C21H25N3O4. The number of aromatic nitrogens is 2. The summed E-state index contributed by atoms with van der Waals surface area (Å²) in [5.74, 6) is 0.310. The van der Waals surface area contributed by atoms with Gasteiger partial charge in [-0.2, -0.15) is 0 Å². The maximum Gasteiger partial charge on any atom is 0.308 e. The number of ether oxygens (including phenoxy) is 2. The predicted molar refractivity (Wildman–Crippen MR) is 103 cm³/mol. The molecule has 0 aliphatic carbocycles. The Kier molecular flexibility index (Phi) is 5.28. The summed E-state index contributed by atoms with van der Waals surface area (Å²) >= 11 is 0. The standard InChI is InChI=1S/C21H25N3O4/c1-27-18-5-3-2-4-16(18)19-22-10-15(11-23-19)12-24-13-17(20(25)26)21(14-24)6-8-28-9-7-21/h2-5,10-11,17H,6-9,12-14H2,1H3,(H,25,26). The Hall–Kier alpha value is -2.51. The van der Waals surface area contributed by atoms with Gasteiger partial charge in [-0.05, 0) is 25.0 Å². The molecule has 0 bridgehead atoms.